The Bertz CT molecular complexity index is 818. The van der Waals surface area contributed by atoms with Crippen molar-refractivity contribution in [2.75, 3.05) is 0 Å². The van der Waals surface area contributed by atoms with Crippen LogP contribution in [0.25, 0.3) is 0 Å². The molecule has 0 radical (unpaired) electrons. The number of amides is 2. The average Bonchev–Trinajstić information content (AvgIpc) is 2.65. The maximum absolute atomic E-state index is 12.6. The number of hydrogen-bond donors (Lipinski definition) is 2. The van der Waals surface area contributed by atoms with E-state index in [1.54, 1.807) is 62.4 Å². The second kappa shape index (κ2) is 8.63. The van der Waals surface area contributed by atoms with E-state index in [-0.39, 0.29) is 11.7 Å². The van der Waals surface area contributed by atoms with Gasteiger partial charge in [0, 0.05) is 16.1 Å². The molecule has 3 N–H and O–H groups in total. The first-order chi connectivity index (χ1) is 12.3. The molecule has 0 unspecified atom stereocenters. The summed E-state index contributed by atoms with van der Waals surface area (Å²) in [5, 5.41) is 3.19. The lowest BCUT2D eigenvalue weighted by molar-refractivity contribution is -0.128. The summed E-state index contributed by atoms with van der Waals surface area (Å²) in [7, 11) is 0. The molecule has 2 rings (SSSR count). The van der Waals surface area contributed by atoms with Gasteiger partial charge in [0.1, 0.15) is 6.04 Å². The Morgan fingerprint density at radius 2 is 1.73 bits per heavy atom. The van der Waals surface area contributed by atoms with Crippen LogP contribution in [0.4, 0.5) is 0 Å². The third-order valence-corrected chi connectivity index (χ3v) is 4.47. The van der Waals surface area contributed by atoms with Crippen LogP contribution in [-0.4, -0.2) is 23.6 Å². The number of nitrogens with one attached hydrogen (secondary N) is 1. The van der Waals surface area contributed by atoms with Crippen molar-refractivity contribution < 1.29 is 14.4 Å². The fraction of sp³-hybridized carbons (Fsp3) is 0.250. The number of carbonyl (C=O) groups excluding carboxylic acids is 3. The second-order valence-electron chi connectivity index (χ2n) is 6.05. The summed E-state index contributed by atoms with van der Waals surface area (Å²) in [6, 6.07) is 12.8. The Balaban J connectivity index is 2.19. The lowest BCUT2D eigenvalue weighted by Crippen LogP contribution is -2.45. The van der Waals surface area contributed by atoms with Crippen LogP contribution in [0.3, 0.4) is 0 Å². The molecular weight excluding hydrogens is 352 g/mol. The minimum atomic E-state index is -0.705. The number of halogens is 1. The van der Waals surface area contributed by atoms with Gasteiger partial charge in [-0.1, -0.05) is 36.7 Å². The van der Waals surface area contributed by atoms with Crippen LogP contribution in [0.1, 0.15) is 47.7 Å². The van der Waals surface area contributed by atoms with E-state index in [4.69, 9.17) is 17.3 Å². The number of rotatable bonds is 7. The minimum Gasteiger partial charge on any atom is -0.368 e. The lowest BCUT2D eigenvalue weighted by Gasteiger charge is -2.18. The quantitative estimate of drug-likeness (QED) is 0.732. The summed E-state index contributed by atoms with van der Waals surface area (Å²) >= 11 is 5.85. The van der Waals surface area contributed by atoms with Crippen molar-refractivity contribution in [3.05, 3.63) is 70.2 Å². The van der Waals surface area contributed by atoms with E-state index < -0.39 is 17.9 Å². The molecule has 5 nitrogen and oxygen atoms in total. The molecule has 26 heavy (non-hydrogen) atoms. The molecule has 2 amide bonds. The Hall–Kier alpha value is -2.66. The Morgan fingerprint density at radius 1 is 1.08 bits per heavy atom. The van der Waals surface area contributed by atoms with Crippen LogP contribution >= 0.6 is 11.6 Å². The van der Waals surface area contributed by atoms with Crippen LogP contribution in [0.2, 0.25) is 5.02 Å². The molecular formula is C20H21ClN2O3. The van der Waals surface area contributed by atoms with E-state index in [0.29, 0.717) is 28.1 Å². The van der Waals surface area contributed by atoms with Crippen molar-refractivity contribution >= 4 is 29.2 Å². The van der Waals surface area contributed by atoms with Gasteiger partial charge in [0.25, 0.3) is 0 Å². The van der Waals surface area contributed by atoms with Gasteiger partial charge in [0.15, 0.2) is 5.78 Å². The van der Waals surface area contributed by atoms with Gasteiger partial charge in [-0.2, -0.15) is 0 Å². The smallest absolute Gasteiger partial charge is 0.239 e. The number of nitrogens with two attached hydrogens (primary N) is 1. The molecule has 0 fully saturated rings. The summed E-state index contributed by atoms with van der Waals surface area (Å²) < 4.78 is 0. The first-order valence-corrected chi connectivity index (χ1v) is 8.71. The third-order valence-electron chi connectivity index (χ3n) is 4.22. The maximum atomic E-state index is 12.6. The zero-order valence-corrected chi connectivity index (χ0v) is 15.4. The molecule has 0 saturated heterocycles. The van der Waals surface area contributed by atoms with Gasteiger partial charge in [-0.25, -0.2) is 0 Å². The van der Waals surface area contributed by atoms with Crippen LogP contribution in [-0.2, 0) is 9.59 Å². The van der Waals surface area contributed by atoms with Gasteiger partial charge in [0.05, 0.1) is 5.92 Å². The fourth-order valence-corrected chi connectivity index (χ4v) is 2.67. The molecule has 0 aliphatic carbocycles. The molecule has 136 valence electrons. The number of primary amides is 1. The SMILES string of the molecule is CC[C@H](NC(=O)[C@@H](C)c1cccc(C(=O)c2ccc(Cl)cc2)c1)C(N)=O. The first-order valence-electron chi connectivity index (χ1n) is 8.33. The molecule has 0 spiro atoms. The zero-order chi connectivity index (χ0) is 19.3. The Morgan fingerprint density at radius 3 is 2.31 bits per heavy atom. The van der Waals surface area contributed by atoms with Crippen LogP contribution < -0.4 is 11.1 Å². The van der Waals surface area contributed by atoms with Crippen LogP contribution in [0, 0.1) is 0 Å². The Labute approximate surface area is 157 Å². The predicted molar refractivity (Wildman–Crippen MR) is 101 cm³/mol. The summed E-state index contributed by atoms with van der Waals surface area (Å²) in [6.07, 6.45) is 0.420. The van der Waals surface area contributed by atoms with Crippen molar-refractivity contribution in [3.63, 3.8) is 0 Å². The van der Waals surface area contributed by atoms with Crippen molar-refractivity contribution in [2.24, 2.45) is 5.73 Å². The normalized spacial score (nSPS) is 12.9. The topological polar surface area (TPSA) is 89.3 Å². The zero-order valence-electron chi connectivity index (χ0n) is 14.7. The summed E-state index contributed by atoms with van der Waals surface area (Å²) in [6.45, 7) is 3.49. The van der Waals surface area contributed by atoms with Gasteiger partial charge < -0.3 is 11.1 Å². The molecule has 2 aromatic carbocycles. The molecule has 0 aliphatic heterocycles. The summed E-state index contributed by atoms with van der Waals surface area (Å²) in [5.74, 6) is -1.56. The first kappa shape index (κ1) is 19.7. The lowest BCUT2D eigenvalue weighted by atomic mass is 9.95. The molecule has 2 atom stereocenters. The molecule has 0 heterocycles. The van der Waals surface area contributed by atoms with Crippen molar-refractivity contribution in [3.8, 4) is 0 Å². The van der Waals surface area contributed by atoms with E-state index >= 15 is 0 Å². The molecule has 0 aromatic heterocycles. The highest BCUT2D eigenvalue weighted by Crippen LogP contribution is 2.20. The van der Waals surface area contributed by atoms with Gasteiger partial charge in [-0.3, -0.25) is 14.4 Å². The predicted octanol–water partition coefficient (Wildman–Crippen LogP) is 3.05. The monoisotopic (exact) mass is 372 g/mol. The standard InChI is InChI=1S/C20H21ClN2O3/c1-3-17(19(22)25)23-20(26)12(2)14-5-4-6-15(11-14)18(24)13-7-9-16(21)10-8-13/h4-12,17H,3H2,1-2H3,(H2,22,25)(H,23,26)/t12-,17-/m0/s1. The summed E-state index contributed by atoms with van der Waals surface area (Å²) in [4.78, 5) is 36.3. The van der Waals surface area contributed by atoms with E-state index in [1.807, 2.05) is 0 Å². The molecule has 0 aliphatic rings. The second-order valence-corrected chi connectivity index (χ2v) is 6.49. The van der Waals surface area contributed by atoms with Gasteiger partial charge in [-0.05, 0) is 49.2 Å². The van der Waals surface area contributed by atoms with Gasteiger partial charge in [-0.15, -0.1) is 0 Å². The highest BCUT2D eigenvalue weighted by Gasteiger charge is 2.22. The van der Waals surface area contributed by atoms with Crippen molar-refractivity contribution in [1.29, 1.82) is 0 Å². The van der Waals surface area contributed by atoms with E-state index in [1.165, 1.54) is 0 Å². The minimum absolute atomic E-state index is 0.153. The molecule has 2 aromatic rings. The molecule has 6 heteroatoms. The van der Waals surface area contributed by atoms with Crippen LogP contribution in [0.15, 0.2) is 48.5 Å². The van der Waals surface area contributed by atoms with Crippen molar-refractivity contribution in [1.82, 2.24) is 5.32 Å². The van der Waals surface area contributed by atoms with E-state index in [2.05, 4.69) is 5.32 Å². The summed E-state index contributed by atoms with van der Waals surface area (Å²) in [5.41, 5.74) is 6.94. The van der Waals surface area contributed by atoms with E-state index in [0.717, 1.165) is 0 Å². The van der Waals surface area contributed by atoms with E-state index in [9.17, 15) is 14.4 Å². The number of ketones is 1. The molecule has 0 saturated carbocycles. The van der Waals surface area contributed by atoms with Crippen LogP contribution in [0.5, 0.6) is 0 Å². The van der Waals surface area contributed by atoms with Gasteiger partial charge >= 0.3 is 0 Å². The number of hydrogen-bond acceptors (Lipinski definition) is 3. The largest absolute Gasteiger partial charge is 0.368 e. The maximum Gasteiger partial charge on any atom is 0.239 e. The van der Waals surface area contributed by atoms with Gasteiger partial charge in [0.2, 0.25) is 11.8 Å². The third kappa shape index (κ3) is 4.70. The number of carbonyl (C=O) groups is 3. The fourth-order valence-electron chi connectivity index (χ4n) is 2.54. The Kier molecular flexibility index (Phi) is 6.52. The highest BCUT2D eigenvalue weighted by atomic mass is 35.5. The van der Waals surface area contributed by atoms with Crippen molar-refractivity contribution in [2.45, 2.75) is 32.2 Å². The molecule has 0 bridgehead atoms. The average molecular weight is 373 g/mol. The highest BCUT2D eigenvalue weighted by molar-refractivity contribution is 6.30. The number of benzene rings is 2.